The number of nitrogens with two attached hydrogens (primary N) is 1. The van der Waals surface area contributed by atoms with Crippen molar-refractivity contribution in [2.24, 2.45) is 17.6 Å². The number of aryl methyl sites for hydroxylation is 2. The number of carbonyl (C=O) groups excluding carboxylic acids is 2. The molecule has 0 bridgehead atoms. The van der Waals surface area contributed by atoms with Crippen molar-refractivity contribution in [1.29, 1.82) is 0 Å². The summed E-state index contributed by atoms with van der Waals surface area (Å²) in [5.74, 6) is 0.769. The van der Waals surface area contributed by atoms with Gasteiger partial charge in [-0.3, -0.25) is 18.6 Å². The summed E-state index contributed by atoms with van der Waals surface area (Å²) in [5, 5.41) is 31.3. The van der Waals surface area contributed by atoms with Gasteiger partial charge in [0.2, 0.25) is 0 Å². The van der Waals surface area contributed by atoms with Crippen molar-refractivity contribution < 1.29 is 57.3 Å². The molecular weight excluding hydrogens is 777 g/mol. The lowest BCUT2D eigenvalue weighted by atomic mass is 9.89. The summed E-state index contributed by atoms with van der Waals surface area (Å²) in [4.78, 5) is 35.2. The van der Waals surface area contributed by atoms with E-state index in [4.69, 9.17) is 28.7 Å². The van der Waals surface area contributed by atoms with Crippen molar-refractivity contribution in [2.45, 2.75) is 187 Å². The molecule has 0 saturated heterocycles. The lowest BCUT2D eigenvalue weighted by Crippen LogP contribution is -2.29. The molecule has 1 fully saturated rings. The van der Waals surface area contributed by atoms with E-state index in [2.05, 4.69) is 27.7 Å². The second-order valence-corrected chi connectivity index (χ2v) is 17.6. The van der Waals surface area contributed by atoms with E-state index in [0.29, 0.717) is 32.1 Å². The monoisotopic (exact) mass is 856 g/mol. The zero-order valence-corrected chi connectivity index (χ0v) is 37.4. The van der Waals surface area contributed by atoms with E-state index in [-0.39, 0.29) is 50.9 Å². The maximum Gasteiger partial charge on any atom is 0.472 e. The highest BCUT2D eigenvalue weighted by Gasteiger charge is 2.39. The van der Waals surface area contributed by atoms with Gasteiger partial charge in [0.25, 0.3) is 0 Å². The van der Waals surface area contributed by atoms with Crippen LogP contribution in [0.25, 0.3) is 0 Å². The van der Waals surface area contributed by atoms with Crippen LogP contribution in [0.2, 0.25) is 0 Å². The minimum absolute atomic E-state index is 0.0102. The number of hydrogen-bond acceptors (Lipinski definition) is 12. The zero-order chi connectivity index (χ0) is 43.5. The number of carbonyl (C=O) groups is 2. The van der Waals surface area contributed by atoms with Crippen LogP contribution in [-0.2, 0) is 45.5 Å². The van der Waals surface area contributed by atoms with Crippen LogP contribution in [0.4, 0.5) is 0 Å². The van der Waals surface area contributed by atoms with Gasteiger partial charge in [0.15, 0.2) is 6.10 Å². The molecule has 1 aromatic heterocycles. The largest absolute Gasteiger partial charge is 0.472 e. The minimum atomic E-state index is -4.46. The average Bonchev–Trinajstić information content (AvgIpc) is 3.63. The summed E-state index contributed by atoms with van der Waals surface area (Å²) >= 11 is 0. The first-order chi connectivity index (χ1) is 28.3. The summed E-state index contributed by atoms with van der Waals surface area (Å²) < 4.78 is 39.0. The third kappa shape index (κ3) is 22.4. The quantitative estimate of drug-likeness (QED) is 0.0191. The maximum absolute atomic E-state index is 12.7. The molecule has 1 aromatic rings. The molecule has 1 aliphatic carbocycles. The minimum Gasteiger partial charge on any atom is -0.466 e. The van der Waals surface area contributed by atoms with Gasteiger partial charge in [0, 0.05) is 44.6 Å². The predicted molar refractivity (Wildman–Crippen MR) is 230 cm³/mol. The number of esters is 2. The Hall–Kier alpha value is -2.35. The van der Waals surface area contributed by atoms with Crippen molar-refractivity contribution in [3.63, 3.8) is 0 Å². The molecule has 2 rings (SSSR count). The lowest BCUT2D eigenvalue weighted by molar-refractivity contribution is -0.161. The van der Waals surface area contributed by atoms with Crippen LogP contribution in [0, 0.1) is 25.7 Å². The average molecular weight is 856 g/mol. The number of allylic oxidation sites excluding steroid dienone is 2. The van der Waals surface area contributed by atoms with Crippen molar-refractivity contribution >= 4 is 19.8 Å². The summed E-state index contributed by atoms with van der Waals surface area (Å²) in [6.07, 6.45) is 21.4. The topological polar surface area (TPSA) is 208 Å². The van der Waals surface area contributed by atoms with Gasteiger partial charge in [-0.2, -0.15) is 0 Å². The zero-order valence-electron chi connectivity index (χ0n) is 36.5. The number of aliphatic hydroxyl groups excluding tert-OH is 3. The maximum atomic E-state index is 12.7. The third-order valence-corrected chi connectivity index (χ3v) is 12.1. The van der Waals surface area contributed by atoms with E-state index in [9.17, 15) is 34.4 Å². The first kappa shape index (κ1) is 52.8. The van der Waals surface area contributed by atoms with E-state index in [1.54, 1.807) is 6.08 Å². The Morgan fingerprint density at radius 2 is 1.46 bits per heavy atom. The van der Waals surface area contributed by atoms with Crippen LogP contribution in [0.3, 0.4) is 0 Å². The number of phosphoric acid groups is 1. The first-order valence-corrected chi connectivity index (χ1v) is 23.9. The fourth-order valence-electron chi connectivity index (χ4n) is 7.39. The summed E-state index contributed by atoms with van der Waals surface area (Å²) in [6, 6.07) is 0. The molecular formula is C45H78NO12P. The predicted octanol–water partition coefficient (Wildman–Crippen LogP) is 8.42. The van der Waals surface area contributed by atoms with Crippen LogP contribution in [-0.4, -0.2) is 82.9 Å². The Morgan fingerprint density at radius 1 is 0.831 bits per heavy atom. The van der Waals surface area contributed by atoms with Gasteiger partial charge in [0.1, 0.15) is 18.1 Å². The fraction of sp³-hybridized carbons (Fsp3) is 0.778. The van der Waals surface area contributed by atoms with E-state index in [0.717, 1.165) is 82.1 Å². The molecule has 1 unspecified atom stereocenters. The van der Waals surface area contributed by atoms with E-state index >= 15 is 0 Å². The highest BCUT2D eigenvalue weighted by Crippen LogP contribution is 2.43. The third-order valence-electron chi connectivity index (χ3n) is 11.1. The number of hydrogen-bond donors (Lipinski definition) is 5. The highest BCUT2D eigenvalue weighted by molar-refractivity contribution is 7.47. The van der Waals surface area contributed by atoms with Gasteiger partial charge in [-0.1, -0.05) is 95.9 Å². The highest BCUT2D eigenvalue weighted by atomic mass is 31.2. The van der Waals surface area contributed by atoms with Crippen molar-refractivity contribution in [3.05, 3.63) is 47.0 Å². The van der Waals surface area contributed by atoms with Crippen molar-refractivity contribution in [1.82, 2.24) is 0 Å². The Bertz CT molecular complexity index is 1410. The summed E-state index contributed by atoms with van der Waals surface area (Å²) in [5.41, 5.74) is 7.91. The molecule has 340 valence electrons. The van der Waals surface area contributed by atoms with Gasteiger partial charge >= 0.3 is 19.8 Å². The molecule has 7 atom stereocenters. The Kier molecular flexibility index (Phi) is 27.4. The molecule has 1 saturated carbocycles. The van der Waals surface area contributed by atoms with Crippen LogP contribution < -0.4 is 5.73 Å². The molecule has 59 heavy (non-hydrogen) atoms. The van der Waals surface area contributed by atoms with Crippen molar-refractivity contribution in [3.8, 4) is 0 Å². The van der Waals surface area contributed by atoms with Crippen LogP contribution in [0.1, 0.15) is 158 Å². The first-order valence-electron chi connectivity index (χ1n) is 22.4. The van der Waals surface area contributed by atoms with Gasteiger partial charge in [-0.15, -0.1) is 0 Å². The van der Waals surface area contributed by atoms with E-state index in [1.165, 1.54) is 24.0 Å². The van der Waals surface area contributed by atoms with Gasteiger partial charge in [-0.05, 0) is 75.8 Å². The van der Waals surface area contributed by atoms with Gasteiger partial charge in [-0.25, -0.2) is 4.57 Å². The molecule has 6 N–H and O–H groups in total. The fourth-order valence-corrected chi connectivity index (χ4v) is 8.16. The second-order valence-electron chi connectivity index (χ2n) is 16.1. The SMILES string of the molecule is CCCCCc1oc(CCCCCCCCC(=O)O[C@H](COC(=O)CCC/C=C/C[C@@H]2[C@@H](/C=C/[C@@H](O)CCCCC)[C@H](O)C[C@@H]2O)COP(=O)(O)OCCN)c(C)c1C. The number of unbranched alkanes of at least 4 members (excludes halogenated alkanes) is 10. The Morgan fingerprint density at radius 3 is 2.14 bits per heavy atom. The molecule has 14 heteroatoms. The molecule has 1 aliphatic rings. The van der Waals surface area contributed by atoms with Gasteiger partial charge < -0.3 is 39.8 Å². The molecule has 0 radical (unpaired) electrons. The molecule has 0 amide bonds. The number of aliphatic hydroxyl groups is 3. The van der Waals surface area contributed by atoms with Crippen LogP contribution in [0.15, 0.2) is 28.7 Å². The number of phosphoric ester groups is 1. The smallest absolute Gasteiger partial charge is 0.466 e. The van der Waals surface area contributed by atoms with Crippen LogP contribution >= 0.6 is 7.82 Å². The standard InChI is InChI=1S/C45H78NO12P/c1-5-7-15-21-36(47)27-28-39-38(40(48)31-41(39)49)22-17-13-14-19-25-44(50)54-32-37(33-56-59(52,53)55-30-29-46)57-45(51)26-20-12-10-9-11-18-24-43-35(4)34(3)42(58-43)23-16-8-6-2/h13,17,27-28,36-41,47-49H,5-12,14-16,18-26,29-33,46H2,1-4H3,(H,52,53)/b17-13+,28-27+/t36-,37+,38+,39+,40-,41+/m0/s1. The summed E-state index contributed by atoms with van der Waals surface area (Å²) in [7, 11) is -4.46. The van der Waals surface area contributed by atoms with Crippen molar-refractivity contribution in [2.75, 3.05) is 26.4 Å². The second kappa shape index (κ2) is 30.6. The molecule has 0 spiro atoms. The number of furan rings is 1. The Labute approximate surface area is 354 Å². The Balaban J connectivity index is 1.73. The van der Waals surface area contributed by atoms with E-state index in [1.807, 2.05) is 18.2 Å². The van der Waals surface area contributed by atoms with Crippen LogP contribution in [0.5, 0.6) is 0 Å². The number of ether oxygens (including phenoxy) is 2. The molecule has 1 heterocycles. The normalized spacial score (nSPS) is 20.4. The molecule has 0 aromatic carbocycles. The molecule has 0 aliphatic heterocycles. The molecule has 13 nitrogen and oxygen atoms in total. The summed E-state index contributed by atoms with van der Waals surface area (Å²) in [6.45, 7) is 7.56. The lowest BCUT2D eigenvalue weighted by Gasteiger charge is -2.20. The number of rotatable bonds is 34. The van der Waals surface area contributed by atoms with Gasteiger partial charge in [0.05, 0.1) is 31.5 Å². The van der Waals surface area contributed by atoms with E-state index < -0.39 is 50.8 Å².